The second kappa shape index (κ2) is 8.83. The summed E-state index contributed by atoms with van der Waals surface area (Å²) in [6, 6.07) is 10.9. The van der Waals surface area contributed by atoms with Gasteiger partial charge in [-0.1, -0.05) is 25.1 Å². The first-order chi connectivity index (χ1) is 15.9. The summed E-state index contributed by atoms with van der Waals surface area (Å²) in [5.41, 5.74) is 2.41. The van der Waals surface area contributed by atoms with Crippen LogP contribution in [0.25, 0.3) is 22.2 Å². The highest BCUT2D eigenvalue weighted by Gasteiger charge is 2.21. The molecule has 0 bridgehead atoms. The van der Waals surface area contributed by atoms with Gasteiger partial charge in [0.2, 0.25) is 5.95 Å². The Hall–Kier alpha value is -3.94. The summed E-state index contributed by atoms with van der Waals surface area (Å²) in [6.45, 7) is 3.63. The number of aryl methyl sites for hydroxylation is 1. The first-order valence-corrected chi connectivity index (χ1v) is 9.94. The van der Waals surface area contributed by atoms with Gasteiger partial charge in [0, 0.05) is 42.1 Å². The van der Waals surface area contributed by atoms with Gasteiger partial charge < -0.3 is 10.6 Å². The van der Waals surface area contributed by atoms with E-state index in [1.54, 1.807) is 26.2 Å². The number of nitrogens with one attached hydrogen (secondary N) is 2. The maximum absolute atomic E-state index is 12.6. The van der Waals surface area contributed by atoms with E-state index in [9.17, 15) is 4.79 Å². The molecule has 0 spiro atoms. The minimum Gasteiger partial charge on any atom is -0.354 e. The fourth-order valence-electron chi connectivity index (χ4n) is 3.26. The largest absolute Gasteiger partial charge is 0.354 e. The summed E-state index contributed by atoms with van der Waals surface area (Å²) in [6.07, 6.45) is 2.06. The van der Waals surface area contributed by atoms with Crippen LogP contribution in [0.1, 0.15) is 44.0 Å². The van der Waals surface area contributed by atoms with E-state index < -0.39 is 0 Å². The average molecular weight is 415 g/mol. The fourth-order valence-corrected chi connectivity index (χ4v) is 3.26. The van der Waals surface area contributed by atoms with Crippen LogP contribution in [0.2, 0.25) is 0 Å². The molecule has 1 aromatic carbocycles. The molecule has 0 fully saturated rings. The number of hydrogen-bond acceptors (Lipinski definition) is 7. The van der Waals surface area contributed by atoms with Gasteiger partial charge in [0.15, 0.2) is 0 Å². The van der Waals surface area contributed by atoms with Crippen LogP contribution in [0.15, 0.2) is 54.9 Å². The maximum Gasteiger partial charge on any atom is 0.270 e. The van der Waals surface area contributed by atoms with Crippen LogP contribution < -0.4 is 10.6 Å². The van der Waals surface area contributed by atoms with Crippen LogP contribution in [0.5, 0.6) is 0 Å². The van der Waals surface area contributed by atoms with Crippen molar-refractivity contribution in [2.24, 2.45) is 0 Å². The Morgan fingerprint density at radius 3 is 2.65 bits per heavy atom. The van der Waals surface area contributed by atoms with Crippen molar-refractivity contribution >= 4 is 22.8 Å². The molecule has 0 unspecified atom stereocenters. The van der Waals surface area contributed by atoms with E-state index in [0.29, 0.717) is 29.6 Å². The average Bonchev–Trinajstić information content (AvgIpc) is 2.81. The number of carbonyl (C=O) groups excluding carboxylic acids is 1. The predicted molar refractivity (Wildman–Crippen MR) is 120 cm³/mol. The normalized spacial score (nSPS) is 12.7. The number of fused-ring (bicyclic) bond motifs is 1. The number of para-hydroxylation sites is 1. The minimum atomic E-state index is -0.301. The molecule has 4 aromatic rings. The number of benzene rings is 1. The number of aromatic nitrogens is 5. The summed E-state index contributed by atoms with van der Waals surface area (Å²) in [5, 5.41) is 6.87. The lowest BCUT2D eigenvalue weighted by Gasteiger charge is -2.20. The standard InChI is InChI=1S/C23H23N7O/c1-4-18(17-11-15-7-5-6-8-19(15)28-21(17)22(31)24-3)29-23-25-10-9-20(30-23)16-12-26-14(2)27-13-16/h5-13,18H,4H2,1-3H3,(H,24,31)(H,25,29,30)/t18-/m0/s1/i12D,13D. The van der Waals surface area contributed by atoms with E-state index >= 15 is 0 Å². The molecule has 31 heavy (non-hydrogen) atoms. The quantitative estimate of drug-likeness (QED) is 0.494. The number of amides is 1. The van der Waals surface area contributed by atoms with E-state index in [2.05, 4.69) is 35.6 Å². The van der Waals surface area contributed by atoms with E-state index in [0.717, 1.165) is 16.5 Å². The van der Waals surface area contributed by atoms with Crippen molar-refractivity contribution in [2.75, 3.05) is 12.4 Å². The molecule has 0 aliphatic rings. The molecule has 1 atom stereocenters. The van der Waals surface area contributed by atoms with Crippen molar-refractivity contribution in [1.29, 1.82) is 0 Å². The van der Waals surface area contributed by atoms with Gasteiger partial charge in [0.05, 0.1) is 20.0 Å². The molecule has 1 amide bonds. The molecule has 4 rings (SSSR count). The molecule has 3 heterocycles. The molecular formula is C23H23N7O. The number of pyridine rings is 1. The number of nitrogens with zero attached hydrogens (tertiary/aromatic N) is 5. The van der Waals surface area contributed by atoms with Gasteiger partial charge in [0.25, 0.3) is 5.91 Å². The van der Waals surface area contributed by atoms with Crippen LogP contribution >= 0.6 is 0 Å². The second-order valence-electron chi connectivity index (χ2n) is 6.94. The van der Waals surface area contributed by atoms with Crippen molar-refractivity contribution in [3.8, 4) is 11.3 Å². The summed E-state index contributed by atoms with van der Waals surface area (Å²) < 4.78 is 16.3. The van der Waals surface area contributed by atoms with Crippen molar-refractivity contribution in [3.63, 3.8) is 0 Å². The summed E-state index contributed by atoms with van der Waals surface area (Å²) in [5.74, 6) is 0.382. The highest BCUT2D eigenvalue weighted by Crippen LogP contribution is 2.27. The Kier molecular flexibility index (Phi) is 5.09. The van der Waals surface area contributed by atoms with Crippen LogP contribution in [0, 0.1) is 6.92 Å². The van der Waals surface area contributed by atoms with Gasteiger partial charge in [-0.3, -0.25) is 4.79 Å². The number of rotatable bonds is 6. The zero-order valence-corrected chi connectivity index (χ0v) is 17.5. The number of carbonyl (C=O) groups is 1. The lowest BCUT2D eigenvalue weighted by molar-refractivity contribution is 0.0957. The van der Waals surface area contributed by atoms with Crippen molar-refractivity contribution in [2.45, 2.75) is 26.3 Å². The lowest BCUT2D eigenvalue weighted by Crippen LogP contribution is -2.24. The molecular weight excluding hydrogens is 390 g/mol. The second-order valence-corrected chi connectivity index (χ2v) is 6.94. The van der Waals surface area contributed by atoms with Crippen molar-refractivity contribution in [3.05, 3.63) is 72.0 Å². The molecule has 3 aromatic heterocycles. The Morgan fingerprint density at radius 2 is 1.90 bits per heavy atom. The predicted octanol–water partition coefficient (Wildman–Crippen LogP) is 3.71. The fraction of sp³-hybridized carbons (Fsp3) is 0.217. The van der Waals surface area contributed by atoms with Crippen LogP contribution in [0.4, 0.5) is 5.95 Å². The zero-order chi connectivity index (χ0) is 23.5. The van der Waals surface area contributed by atoms with E-state index in [-0.39, 0.29) is 29.9 Å². The van der Waals surface area contributed by atoms with Gasteiger partial charge in [-0.2, -0.15) is 0 Å². The molecule has 0 aliphatic carbocycles. The Morgan fingerprint density at radius 1 is 1.13 bits per heavy atom. The molecule has 8 nitrogen and oxygen atoms in total. The van der Waals surface area contributed by atoms with Gasteiger partial charge in [0.1, 0.15) is 11.5 Å². The van der Waals surface area contributed by atoms with Gasteiger partial charge >= 0.3 is 0 Å². The van der Waals surface area contributed by atoms with Gasteiger partial charge in [-0.05, 0) is 31.5 Å². The molecule has 0 radical (unpaired) electrons. The topological polar surface area (TPSA) is 106 Å². The monoisotopic (exact) mass is 415 g/mol. The molecule has 156 valence electrons. The van der Waals surface area contributed by atoms with Crippen LogP contribution in [-0.2, 0) is 0 Å². The SMILES string of the molecule is [2H]c1nc(C)nc([2H])c1-c1ccnc(N[C@@H](CC)c2cc3ccccc3nc2C(=O)NC)n1. The van der Waals surface area contributed by atoms with Gasteiger partial charge in [-0.15, -0.1) is 0 Å². The zero-order valence-electron chi connectivity index (χ0n) is 19.5. The lowest BCUT2D eigenvalue weighted by atomic mass is 9.99. The highest BCUT2D eigenvalue weighted by molar-refractivity contribution is 5.96. The minimum absolute atomic E-state index is 0.0650. The van der Waals surface area contributed by atoms with E-state index in [1.807, 2.05) is 37.3 Å². The molecule has 0 saturated heterocycles. The summed E-state index contributed by atoms with van der Waals surface area (Å²) >= 11 is 0. The summed E-state index contributed by atoms with van der Waals surface area (Å²) in [4.78, 5) is 34.1. The van der Waals surface area contributed by atoms with E-state index in [4.69, 9.17) is 2.74 Å². The smallest absolute Gasteiger partial charge is 0.270 e. The Balaban J connectivity index is 1.75. The third kappa shape index (κ3) is 4.32. The third-order valence-corrected chi connectivity index (χ3v) is 4.85. The first-order valence-electron chi connectivity index (χ1n) is 10.9. The molecule has 0 aliphatic heterocycles. The highest BCUT2D eigenvalue weighted by atomic mass is 16.1. The molecule has 0 saturated carbocycles. The van der Waals surface area contributed by atoms with E-state index in [1.165, 1.54) is 0 Å². The van der Waals surface area contributed by atoms with Crippen molar-refractivity contribution in [1.82, 2.24) is 30.2 Å². The third-order valence-electron chi connectivity index (χ3n) is 4.85. The van der Waals surface area contributed by atoms with Crippen LogP contribution in [-0.4, -0.2) is 37.9 Å². The molecule has 2 N–H and O–H groups in total. The number of hydrogen-bond donors (Lipinski definition) is 2. The Bertz CT molecular complexity index is 1320. The molecule has 8 heteroatoms. The Labute approximate surface area is 183 Å². The van der Waals surface area contributed by atoms with Crippen molar-refractivity contribution < 1.29 is 7.54 Å². The number of anilines is 1. The van der Waals surface area contributed by atoms with Crippen LogP contribution in [0.3, 0.4) is 0 Å². The summed E-state index contributed by atoms with van der Waals surface area (Å²) in [7, 11) is 1.57. The van der Waals surface area contributed by atoms with Gasteiger partial charge in [-0.25, -0.2) is 24.9 Å². The first kappa shape index (κ1) is 17.9. The maximum atomic E-state index is 12.6.